The molecular weight excluding hydrogens is 488 g/mol. The topological polar surface area (TPSA) is 59.1 Å². The molecular formula is C33H50N2O4. The fourth-order valence-corrected chi connectivity index (χ4v) is 4.37. The number of unbranched alkanes of at least 4 members (excludes halogenated alkanes) is 4. The van der Waals surface area contributed by atoms with Crippen LogP contribution in [0.15, 0.2) is 60.7 Å². The third-order valence-corrected chi connectivity index (χ3v) is 6.60. The summed E-state index contributed by atoms with van der Waals surface area (Å²) in [6.07, 6.45) is 8.60. The van der Waals surface area contributed by atoms with Gasteiger partial charge < -0.3 is 19.3 Å². The van der Waals surface area contributed by atoms with E-state index in [-0.39, 0.29) is 25.0 Å². The van der Waals surface area contributed by atoms with Crippen LogP contribution in [0.2, 0.25) is 0 Å². The molecule has 2 aromatic rings. The van der Waals surface area contributed by atoms with Gasteiger partial charge in [0, 0.05) is 11.4 Å². The molecule has 0 atom stereocenters. The highest BCUT2D eigenvalue weighted by atomic mass is 16.5. The van der Waals surface area contributed by atoms with Gasteiger partial charge in [0.1, 0.15) is 13.1 Å². The smallest absolute Gasteiger partial charge is 0.325 e. The lowest BCUT2D eigenvalue weighted by atomic mass is 10.1. The van der Waals surface area contributed by atoms with E-state index in [4.69, 9.17) is 9.47 Å². The first kappa shape index (κ1) is 32.2. The van der Waals surface area contributed by atoms with E-state index >= 15 is 0 Å². The Hall–Kier alpha value is -3.02. The maximum atomic E-state index is 12.8. The lowest BCUT2D eigenvalue weighted by molar-refractivity contribution is -0.142. The number of hydrogen-bond donors (Lipinski definition) is 0. The second kappa shape index (κ2) is 19.1. The molecule has 6 heteroatoms. The molecule has 0 aromatic heterocycles. The molecule has 0 bridgehead atoms. The van der Waals surface area contributed by atoms with Crippen molar-refractivity contribution in [1.29, 1.82) is 0 Å². The van der Waals surface area contributed by atoms with E-state index in [0.717, 1.165) is 49.9 Å². The molecule has 216 valence electrons. The van der Waals surface area contributed by atoms with Crippen LogP contribution in [0.25, 0.3) is 0 Å². The fourth-order valence-electron chi connectivity index (χ4n) is 4.37. The predicted molar refractivity (Wildman–Crippen MR) is 161 cm³/mol. The standard InChI is InChI=1S/C33H50N2O4/c1-28(2)17-9-7-15-23-38-32(36)25-34(30-19-11-5-12-20-30)27-35(31-21-13-6-14-22-31)26-33(37)39-24-16-8-10-18-29(3)4/h5-6,11-14,19-22,28-29H,7-10,15-18,23-27H2,1-4H3. The van der Waals surface area contributed by atoms with Gasteiger partial charge in [-0.05, 0) is 48.9 Å². The third-order valence-electron chi connectivity index (χ3n) is 6.60. The highest BCUT2D eigenvalue weighted by Crippen LogP contribution is 2.19. The first-order valence-corrected chi connectivity index (χ1v) is 14.8. The number of anilines is 2. The van der Waals surface area contributed by atoms with Gasteiger partial charge in [0.25, 0.3) is 0 Å². The van der Waals surface area contributed by atoms with Gasteiger partial charge in [-0.2, -0.15) is 0 Å². The summed E-state index contributed by atoms with van der Waals surface area (Å²) in [4.78, 5) is 29.5. The van der Waals surface area contributed by atoms with E-state index < -0.39 is 0 Å². The number of esters is 2. The van der Waals surface area contributed by atoms with Crippen molar-refractivity contribution in [3.05, 3.63) is 60.7 Å². The summed E-state index contributed by atoms with van der Waals surface area (Å²) in [5.74, 6) is 0.873. The Morgan fingerprint density at radius 3 is 1.33 bits per heavy atom. The summed E-state index contributed by atoms with van der Waals surface area (Å²) < 4.78 is 11.2. The summed E-state index contributed by atoms with van der Waals surface area (Å²) in [5, 5.41) is 0. The molecule has 2 aromatic carbocycles. The first-order chi connectivity index (χ1) is 18.8. The molecule has 0 aliphatic carbocycles. The van der Waals surface area contributed by atoms with Crippen LogP contribution in [0.4, 0.5) is 11.4 Å². The predicted octanol–water partition coefficient (Wildman–Crippen LogP) is 7.48. The van der Waals surface area contributed by atoms with Gasteiger partial charge in [-0.15, -0.1) is 0 Å². The first-order valence-electron chi connectivity index (χ1n) is 14.8. The quantitative estimate of drug-likeness (QED) is 0.0990. The van der Waals surface area contributed by atoms with Crippen molar-refractivity contribution in [2.75, 3.05) is 42.8 Å². The molecule has 0 N–H and O–H groups in total. The molecule has 0 saturated carbocycles. The van der Waals surface area contributed by atoms with Crippen LogP contribution < -0.4 is 9.80 Å². The molecule has 6 nitrogen and oxygen atoms in total. The minimum absolute atomic E-state index is 0.101. The van der Waals surface area contributed by atoms with E-state index in [2.05, 4.69) is 27.7 Å². The number of nitrogens with zero attached hydrogens (tertiary/aromatic N) is 2. The van der Waals surface area contributed by atoms with Gasteiger partial charge in [-0.3, -0.25) is 9.59 Å². The van der Waals surface area contributed by atoms with Crippen LogP contribution in [0.1, 0.15) is 79.1 Å². The van der Waals surface area contributed by atoms with Crippen LogP contribution in [0, 0.1) is 11.8 Å². The Bertz CT molecular complexity index is 842. The van der Waals surface area contributed by atoms with Crippen LogP contribution in [0.5, 0.6) is 0 Å². The van der Waals surface area contributed by atoms with Crippen molar-refractivity contribution in [2.45, 2.75) is 79.1 Å². The van der Waals surface area contributed by atoms with Gasteiger partial charge in [0.15, 0.2) is 0 Å². The van der Waals surface area contributed by atoms with Crippen molar-refractivity contribution in [3.8, 4) is 0 Å². The molecule has 0 fully saturated rings. The number of carbonyl (C=O) groups is 2. The van der Waals surface area contributed by atoms with Gasteiger partial charge in [-0.1, -0.05) is 103 Å². The minimum Gasteiger partial charge on any atom is -0.464 e. The minimum atomic E-state index is -0.264. The van der Waals surface area contributed by atoms with Crippen LogP contribution in [-0.4, -0.2) is 44.9 Å². The molecule has 0 amide bonds. The van der Waals surface area contributed by atoms with Crippen LogP contribution in [0.3, 0.4) is 0 Å². The lowest BCUT2D eigenvalue weighted by Crippen LogP contribution is -2.44. The summed E-state index contributed by atoms with van der Waals surface area (Å²) in [6, 6.07) is 19.6. The maximum absolute atomic E-state index is 12.8. The molecule has 0 spiro atoms. The van der Waals surface area contributed by atoms with Crippen molar-refractivity contribution in [3.63, 3.8) is 0 Å². The Kier molecular flexibility index (Phi) is 15.8. The van der Waals surface area contributed by atoms with Gasteiger partial charge in [0.2, 0.25) is 0 Å². The van der Waals surface area contributed by atoms with E-state index in [9.17, 15) is 9.59 Å². The highest BCUT2D eigenvalue weighted by Gasteiger charge is 2.20. The Morgan fingerprint density at radius 1 is 0.590 bits per heavy atom. The second-order valence-corrected chi connectivity index (χ2v) is 11.1. The summed E-state index contributed by atoms with van der Waals surface area (Å²) in [7, 11) is 0. The number of para-hydroxylation sites is 2. The van der Waals surface area contributed by atoms with Gasteiger partial charge in [0.05, 0.1) is 19.9 Å². The Morgan fingerprint density at radius 2 is 0.974 bits per heavy atom. The lowest BCUT2D eigenvalue weighted by Gasteiger charge is -2.32. The van der Waals surface area contributed by atoms with Crippen LogP contribution in [-0.2, 0) is 19.1 Å². The average Bonchev–Trinajstić information content (AvgIpc) is 2.92. The third kappa shape index (κ3) is 14.6. The SMILES string of the molecule is CC(C)CCCCCOC(=O)CN(CN(CC(=O)OCCCCCC(C)C)c1ccccc1)c1ccccc1. The van der Waals surface area contributed by atoms with E-state index in [1.54, 1.807) is 0 Å². The van der Waals surface area contributed by atoms with Crippen molar-refractivity contribution in [2.24, 2.45) is 11.8 Å². The number of ether oxygens (including phenoxy) is 2. The zero-order valence-corrected chi connectivity index (χ0v) is 24.6. The normalized spacial score (nSPS) is 11.0. The molecule has 0 aliphatic heterocycles. The monoisotopic (exact) mass is 538 g/mol. The van der Waals surface area contributed by atoms with Crippen molar-refractivity contribution < 1.29 is 19.1 Å². The number of hydrogen-bond acceptors (Lipinski definition) is 6. The van der Waals surface area contributed by atoms with Crippen LogP contribution >= 0.6 is 0 Å². The molecule has 0 heterocycles. The number of rotatable bonds is 20. The fraction of sp³-hybridized carbons (Fsp3) is 0.576. The summed E-state index contributed by atoms with van der Waals surface area (Å²) in [6.45, 7) is 10.3. The number of carbonyl (C=O) groups excluding carboxylic acids is 2. The molecule has 2 rings (SSSR count). The van der Waals surface area contributed by atoms with Gasteiger partial charge in [-0.25, -0.2) is 0 Å². The van der Waals surface area contributed by atoms with Crippen molar-refractivity contribution in [1.82, 2.24) is 0 Å². The zero-order valence-electron chi connectivity index (χ0n) is 24.6. The summed E-state index contributed by atoms with van der Waals surface area (Å²) >= 11 is 0. The second-order valence-electron chi connectivity index (χ2n) is 11.1. The molecule has 0 aliphatic rings. The average molecular weight is 539 g/mol. The highest BCUT2D eigenvalue weighted by molar-refractivity contribution is 5.78. The van der Waals surface area contributed by atoms with E-state index in [0.29, 0.717) is 31.7 Å². The summed E-state index contributed by atoms with van der Waals surface area (Å²) in [5.41, 5.74) is 1.79. The Labute approximate surface area is 236 Å². The molecule has 0 saturated heterocycles. The largest absolute Gasteiger partial charge is 0.464 e. The molecule has 39 heavy (non-hydrogen) atoms. The molecule has 0 radical (unpaired) electrons. The Balaban J connectivity index is 1.98. The van der Waals surface area contributed by atoms with E-state index in [1.165, 1.54) is 12.8 Å². The molecule has 0 unspecified atom stereocenters. The van der Waals surface area contributed by atoms with Crippen molar-refractivity contribution >= 4 is 23.3 Å². The number of benzene rings is 2. The zero-order chi connectivity index (χ0) is 28.3. The maximum Gasteiger partial charge on any atom is 0.325 e. The van der Waals surface area contributed by atoms with E-state index in [1.807, 2.05) is 70.5 Å². The van der Waals surface area contributed by atoms with Gasteiger partial charge >= 0.3 is 11.9 Å².